The van der Waals surface area contributed by atoms with E-state index in [1.165, 1.54) is 10.4 Å². The monoisotopic (exact) mass is 511 g/mol. The fourth-order valence-electron chi connectivity index (χ4n) is 4.86. The van der Waals surface area contributed by atoms with E-state index in [1.54, 1.807) is 30.3 Å². The molecular formula is C27H30FN3O4S. The Morgan fingerprint density at radius 2 is 1.58 bits per heavy atom. The van der Waals surface area contributed by atoms with Crippen molar-refractivity contribution in [3.63, 3.8) is 0 Å². The van der Waals surface area contributed by atoms with Crippen LogP contribution in [0.1, 0.15) is 17.2 Å². The average molecular weight is 512 g/mol. The van der Waals surface area contributed by atoms with Crippen LogP contribution in [-0.2, 0) is 21.5 Å². The van der Waals surface area contributed by atoms with E-state index >= 15 is 0 Å². The third kappa shape index (κ3) is 5.10. The first-order chi connectivity index (χ1) is 17.4. The van der Waals surface area contributed by atoms with Gasteiger partial charge in [0, 0.05) is 33.2 Å². The van der Waals surface area contributed by atoms with Crippen LogP contribution in [0.3, 0.4) is 0 Å². The van der Waals surface area contributed by atoms with Crippen molar-refractivity contribution in [1.29, 1.82) is 0 Å². The molecule has 7 nitrogen and oxygen atoms in total. The molecule has 2 atom stereocenters. The predicted octanol–water partition coefficient (Wildman–Crippen LogP) is 3.84. The number of halogens is 1. The Hall–Kier alpha value is -2.98. The summed E-state index contributed by atoms with van der Waals surface area (Å²) < 4.78 is 48.9. The lowest BCUT2D eigenvalue weighted by Crippen LogP contribution is -2.52. The van der Waals surface area contributed by atoms with Crippen LogP contribution in [0.4, 0.5) is 10.1 Å². The summed E-state index contributed by atoms with van der Waals surface area (Å²) in [4.78, 5) is 7.58. The third-order valence-corrected chi connectivity index (χ3v) is 9.07. The number of para-hydroxylation sites is 1. The minimum atomic E-state index is -3.65. The Morgan fingerprint density at radius 1 is 0.917 bits per heavy atom. The van der Waals surface area contributed by atoms with Gasteiger partial charge in [-0.05, 0) is 35.4 Å². The number of hydrogen-bond donors (Lipinski definition) is 0. The highest BCUT2D eigenvalue weighted by Gasteiger charge is 2.46. The Kier molecular flexibility index (Phi) is 7.25. The van der Waals surface area contributed by atoms with Crippen LogP contribution in [0.2, 0.25) is 0 Å². The minimum Gasteiger partial charge on any atom is -0.489 e. The second-order valence-electron chi connectivity index (χ2n) is 9.05. The minimum absolute atomic E-state index is 0.0866. The zero-order chi connectivity index (χ0) is 25.1. The summed E-state index contributed by atoms with van der Waals surface area (Å²) in [6.45, 7) is 2.01. The van der Waals surface area contributed by atoms with Gasteiger partial charge >= 0.3 is 0 Å². The van der Waals surface area contributed by atoms with Gasteiger partial charge in [0.15, 0.2) is 0 Å². The van der Waals surface area contributed by atoms with Crippen molar-refractivity contribution < 1.29 is 22.4 Å². The predicted molar refractivity (Wildman–Crippen MR) is 137 cm³/mol. The number of hydroxylamine groups is 2. The fraction of sp³-hybridized carbons (Fsp3) is 0.333. The summed E-state index contributed by atoms with van der Waals surface area (Å²) in [5, 5.41) is 0.885. The molecule has 3 aromatic rings. The van der Waals surface area contributed by atoms with Gasteiger partial charge in [0.2, 0.25) is 10.0 Å². The molecule has 0 aromatic heterocycles. The largest absolute Gasteiger partial charge is 0.489 e. The molecular weight excluding hydrogens is 481 g/mol. The molecule has 0 radical (unpaired) electrons. The van der Waals surface area contributed by atoms with Gasteiger partial charge < -0.3 is 9.64 Å². The maximum Gasteiger partial charge on any atom is 0.221 e. The first-order valence-corrected chi connectivity index (χ1v) is 13.5. The molecule has 0 bridgehead atoms. The highest BCUT2D eigenvalue weighted by molar-refractivity contribution is 7.89. The number of nitrogens with zero attached hydrogens (tertiary/aromatic N) is 3. The standard InChI is InChI=1S/C27H30FN3O4S/c1-29-27(22-11-13-23(14-12-22)34-19-21-7-3-2-4-8-21)26(20-35-29)36(32,33)31-17-15-30(16-18-31)25-10-6-5-9-24(25)28/h2-14,26-27H,15-20H2,1H3/t26-,27+/m0/s1. The molecule has 2 fully saturated rings. The summed E-state index contributed by atoms with van der Waals surface area (Å²) in [6.07, 6.45) is 0. The van der Waals surface area contributed by atoms with Crippen LogP contribution < -0.4 is 9.64 Å². The molecule has 5 rings (SSSR count). The second kappa shape index (κ2) is 10.6. The SMILES string of the molecule is CN1OC[C@H](S(=O)(=O)N2CCN(c3ccccc3F)CC2)[C@H]1c1ccc(OCc2ccccc2)cc1. The van der Waals surface area contributed by atoms with Crippen LogP contribution >= 0.6 is 0 Å². The first kappa shape index (κ1) is 24.7. The summed E-state index contributed by atoms with van der Waals surface area (Å²) in [5.74, 6) is 0.420. The van der Waals surface area contributed by atoms with Crippen LogP contribution in [-0.4, -0.2) is 62.9 Å². The van der Waals surface area contributed by atoms with Crippen molar-refractivity contribution in [1.82, 2.24) is 9.37 Å². The van der Waals surface area contributed by atoms with E-state index in [4.69, 9.17) is 9.57 Å². The van der Waals surface area contributed by atoms with Gasteiger partial charge in [-0.25, -0.2) is 12.8 Å². The molecule has 3 aromatic carbocycles. The lowest BCUT2D eigenvalue weighted by atomic mass is 10.0. The number of hydrogen-bond acceptors (Lipinski definition) is 6. The molecule has 9 heteroatoms. The fourth-order valence-corrected chi connectivity index (χ4v) is 6.80. The lowest BCUT2D eigenvalue weighted by molar-refractivity contribution is -0.110. The van der Waals surface area contributed by atoms with Crippen molar-refractivity contribution in [3.05, 3.63) is 95.8 Å². The molecule has 0 unspecified atom stereocenters. The van der Waals surface area contributed by atoms with Crippen molar-refractivity contribution in [3.8, 4) is 5.75 Å². The molecule has 0 N–H and O–H groups in total. The third-order valence-electron chi connectivity index (χ3n) is 6.83. The maximum atomic E-state index is 14.2. The van der Waals surface area contributed by atoms with Gasteiger partial charge in [0.05, 0.1) is 18.3 Å². The Bertz CT molecular complexity index is 1270. The number of anilines is 1. The zero-order valence-electron chi connectivity index (χ0n) is 20.2. The number of sulfonamides is 1. The topological polar surface area (TPSA) is 62.3 Å². The number of benzene rings is 3. The van der Waals surface area contributed by atoms with Crippen molar-refractivity contribution >= 4 is 15.7 Å². The van der Waals surface area contributed by atoms with Crippen LogP contribution in [0.15, 0.2) is 78.9 Å². The molecule has 0 spiro atoms. The normalized spacial score (nSPS) is 21.6. The summed E-state index contributed by atoms with van der Waals surface area (Å²) in [5.41, 5.74) is 2.43. The Balaban J connectivity index is 1.26. The molecule has 190 valence electrons. The number of piperazine rings is 1. The lowest BCUT2D eigenvalue weighted by Gasteiger charge is -2.37. The summed E-state index contributed by atoms with van der Waals surface area (Å²) >= 11 is 0. The van der Waals surface area contributed by atoms with Crippen LogP contribution in [0.25, 0.3) is 0 Å². The molecule has 2 heterocycles. The maximum absolute atomic E-state index is 14.2. The van der Waals surface area contributed by atoms with Crippen LogP contribution in [0.5, 0.6) is 5.75 Å². The van der Waals surface area contributed by atoms with E-state index in [0.29, 0.717) is 44.2 Å². The molecule has 0 aliphatic carbocycles. The molecule has 2 saturated heterocycles. The highest BCUT2D eigenvalue weighted by Crippen LogP contribution is 2.36. The van der Waals surface area contributed by atoms with E-state index in [0.717, 1.165) is 11.1 Å². The number of ether oxygens (including phenoxy) is 1. The molecule has 2 aliphatic heterocycles. The van der Waals surface area contributed by atoms with Gasteiger partial charge in [-0.3, -0.25) is 4.84 Å². The van der Waals surface area contributed by atoms with E-state index < -0.39 is 21.3 Å². The zero-order valence-corrected chi connectivity index (χ0v) is 21.0. The second-order valence-corrected chi connectivity index (χ2v) is 11.2. The van der Waals surface area contributed by atoms with Gasteiger partial charge in [-0.2, -0.15) is 9.37 Å². The first-order valence-electron chi connectivity index (χ1n) is 12.0. The summed E-state index contributed by atoms with van der Waals surface area (Å²) in [6, 6.07) is 23.6. The van der Waals surface area contributed by atoms with E-state index in [1.807, 2.05) is 59.5 Å². The molecule has 2 aliphatic rings. The van der Waals surface area contributed by atoms with Crippen molar-refractivity contribution in [2.45, 2.75) is 17.9 Å². The van der Waals surface area contributed by atoms with Crippen molar-refractivity contribution in [2.75, 3.05) is 44.7 Å². The molecule has 36 heavy (non-hydrogen) atoms. The van der Waals surface area contributed by atoms with Gasteiger partial charge in [0.25, 0.3) is 0 Å². The average Bonchev–Trinajstić information content (AvgIpc) is 3.31. The van der Waals surface area contributed by atoms with Gasteiger partial charge in [-0.1, -0.05) is 54.6 Å². The van der Waals surface area contributed by atoms with Gasteiger partial charge in [0.1, 0.15) is 23.4 Å². The smallest absolute Gasteiger partial charge is 0.221 e. The Labute approximate surface area is 211 Å². The number of rotatable bonds is 7. The van der Waals surface area contributed by atoms with E-state index in [9.17, 15) is 12.8 Å². The van der Waals surface area contributed by atoms with Crippen molar-refractivity contribution in [2.24, 2.45) is 0 Å². The van der Waals surface area contributed by atoms with E-state index in [-0.39, 0.29) is 12.4 Å². The molecule has 0 amide bonds. The quantitative estimate of drug-likeness (QED) is 0.480. The highest BCUT2D eigenvalue weighted by atomic mass is 32.2. The summed E-state index contributed by atoms with van der Waals surface area (Å²) in [7, 11) is -1.89. The van der Waals surface area contributed by atoms with E-state index in [2.05, 4.69) is 0 Å². The van der Waals surface area contributed by atoms with Gasteiger partial charge in [-0.15, -0.1) is 0 Å². The van der Waals surface area contributed by atoms with Crippen LogP contribution in [0, 0.1) is 5.82 Å². The molecule has 0 saturated carbocycles. The Morgan fingerprint density at radius 3 is 2.28 bits per heavy atom.